The molecule has 6 nitrogen and oxygen atoms in total. The Morgan fingerprint density at radius 3 is 2.76 bits per heavy atom. The van der Waals surface area contributed by atoms with Gasteiger partial charge in [-0.3, -0.25) is 5.32 Å². The fourth-order valence-corrected chi connectivity index (χ4v) is 1.22. The summed E-state index contributed by atoms with van der Waals surface area (Å²) in [6, 6.07) is 3.27. The van der Waals surface area contributed by atoms with Crippen molar-refractivity contribution >= 4 is 23.9 Å². The van der Waals surface area contributed by atoms with E-state index in [-0.39, 0.29) is 11.4 Å². The minimum Gasteiger partial charge on any atom is -0.504 e. The summed E-state index contributed by atoms with van der Waals surface area (Å²) in [5.41, 5.74) is 1.37. The number of ether oxygens (including phenoxy) is 2. The standard InChI is InChI=1S/C11H14N2O4/c1-7-4-8(12-6-16-2)10(14)9(5-7)13-11(15)17-3/h4-6,14H,1-3H3,(H,13,15). The summed E-state index contributed by atoms with van der Waals surface area (Å²) >= 11 is 0. The first-order valence-electron chi connectivity index (χ1n) is 4.82. The van der Waals surface area contributed by atoms with Gasteiger partial charge in [0.15, 0.2) is 12.2 Å². The van der Waals surface area contributed by atoms with Crippen LogP contribution >= 0.6 is 0 Å². The van der Waals surface area contributed by atoms with Crippen LogP contribution in [0, 0.1) is 6.92 Å². The average molecular weight is 238 g/mol. The first-order valence-corrected chi connectivity index (χ1v) is 4.82. The third-order valence-corrected chi connectivity index (χ3v) is 1.95. The van der Waals surface area contributed by atoms with Crippen molar-refractivity contribution in [3.8, 4) is 5.75 Å². The number of methoxy groups -OCH3 is 2. The van der Waals surface area contributed by atoms with Gasteiger partial charge in [0, 0.05) is 0 Å². The number of carbonyl (C=O) groups excluding carboxylic acids is 1. The molecule has 17 heavy (non-hydrogen) atoms. The highest BCUT2D eigenvalue weighted by atomic mass is 16.5. The zero-order chi connectivity index (χ0) is 12.8. The van der Waals surface area contributed by atoms with Crippen molar-refractivity contribution < 1.29 is 19.4 Å². The molecule has 2 N–H and O–H groups in total. The smallest absolute Gasteiger partial charge is 0.411 e. The Hall–Kier alpha value is -2.24. The van der Waals surface area contributed by atoms with E-state index in [1.165, 1.54) is 20.6 Å². The molecule has 1 rings (SSSR count). The van der Waals surface area contributed by atoms with Gasteiger partial charge in [-0.1, -0.05) is 0 Å². The van der Waals surface area contributed by atoms with Crippen LogP contribution < -0.4 is 5.32 Å². The van der Waals surface area contributed by atoms with Gasteiger partial charge in [0.05, 0.1) is 19.9 Å². The number of rotatable bonds is 3. The summed E-state index contributed by atoms with van der Waals surface area (Å²) in [5, 5.41) is 12.2. The first-order chi connectivity index (χ1) is 8.08. The molecule has 0 saturated carbocycles. The molecule has 6 heteroatoms. The number of nitrogens with one attached hydrogen (secondary N) is 1. The van der Waals surface area contributed by atoms with Crippen molar-refractivity contribution in [2.24, 2.45) is 4.99 Å². The number of nitrogens with zero attached hydrogens (tertiary/aromatic N) is 1. The highest BCUT2D eigenvalue weighted by molar-refractivity contribution is 5.89. The van der Waals surface area contributed by atoms with E-state index >= 15 is 0 Å². The van der Waals surface area contributed by atoms with E-state index in [1.807, 2.05) is 6.92 Å². The van der Waals surface area contributed by atoms with E-state index < -0.39 is 6.09 Å². The second kappa shape index (κ2) is 5.74. The number of phenols is 1. The second-order valence-corrected chi connectivity index (χ2v) is 3.27. The number of carbonyl (C=O) groups is 1. The fraction of sp³-hybridized carbons (Fsp3) is 0.273. The van der Waals surface area contributed by atoms with E-state index in [4.69, 9.17) is 0 Å². The summed E-state index contributed by atoms with van der Waals surface area (Å²) in [6.07, 6.45) is 0.531. The number of phenolic OH excluding ortho intramolecular Hbond substituents is 1. The topological polar surface area (TPSA) is 80.2 Å². The molecule has 0 fully saturated rings. The number of aryl methyl sites for hydroxylation is 1. The van der Waals surface area contributed by atoms with E-state index in [0.717, 1.165) is 5.56 Å². The zero-order valence-corrected chi connectivity index (χ0v) is 9.85. The lowest BCUT2D eigenvalue weighted by Crippen LogP contribution is -2.11. The van der Waals surface area contributed by atoms with Gasteiger partial charge >= 0.3 is 6.09 Å². The van der Waals surface area contributed by atoms with Gasteiger partial charge < -0.3 is 14.6 Å². The lowest BCUT2D eigenvalue weighted by Gasteiger charge is -2.09. The van der Waals surface area contributed by atoms with Crippen LogP contribution in [0.25, 0.3) is 0 Å². The predicted molar refractivity (Wildman–Crippen MR) is 64.0 cm³/mol. The van der Waals surface area contributed by atoms with Gasteiger partial charge in [0.25, 0.3) is 0 Å². The molecule has 0 spiro atoms. The number of amides is 1. The predicted octanol–water partition coefficient (Wildman–Crippen LogP) is 2.19. The van der Waals surface area contributed by atoms with Gasteiger partial charge in [0.2, 0.25) is 0 Å². The molecule has 1 amide bonds. The summed E-state index contributed by atoms with van der Waals surface area (Å²) in [7, 11) is 2.69. The zero-order valence-electron chi connectivity index (χ0n) is 9.85. The van der Waals surface area contributed by atoms with Crippen molar-refractivity contribution in [3.05, 3.63) is 17.7 Å². The number of hydrogen-bond acceptors (Lipinski definition) is 5. The Kier molecular flexibility index (Phi) is 4.33. The van der Waals surface area contributed by atoms with Crippen LogP contribution in [-0.2, 0) is 9.47 Å². The van der Waals surface area contributed by atoms with Crippen LogP contribution in [0.1, 0.15) is 5.56 Å². The third kappa shape index (κ3) is 3.37. The molecule has 0 aliphatic heterocycles. The highest BCUT2D eigenvalue weighted by Gasteiger charge is 2.10. The van der Waals surface area contributed by atoms with Crippen LogP contribution in [-0.4, -0.2) is 31.8 Å². The highest BCUT2D eigenvalue weighted by Crippen LogP contribution is 2.35. The molecular formula is C11H14N2O4. The molecule has 0 unspecified atom stereocenters. The van der Waals surface area contributed by atoms with E-state index in [9.17, 15) is 9.90 Å². The van der Waals surface area contributed by atoms with Crippen molar-refractivity contribution in [2.75, 3.05) is 19.5 Å². The Morgan fingerprint density at radius 1 is 1.47 bits per heavy atom. The molecule has 1 aromatic carbocycles. The average Bonchev–Trinajstić information content (AvgIpc) is 2.31. The largest absolute Gasteiger partial charge is 0.504 e. The van der Waals surface area contributed by atoms with Crippen LogP contribution in [0.5, 0.6) is 5.75 Å². The van der Waals surface area contributed by atoms with Gasteiger partial charge in [-0.25, -0.2) is 9.79 Å². The molecule has 92 valence electrons. The van der Waals surface area contributed by atoms with Gasteiger partial charge in [-0.15, -0.1) is 0 Å². The van der Waals surface area contributed by atoms with E-state index in [1.54, 1.807) is 12.1 Å². The monoisotopic (exact) mass is 238 g/mol. The van der Waals surface area contributed by atoms with Gasteiger partial charge in [0.1, 0.15) is 5.69 Å². The number of hydrogen-bond donors (Lipinski definition) is 2. The molecule has 0 aliphatic rings. The van der Waals surface area contributed by atoms with Crippen LogP contribution in [0.4, 0.5) is 16.2 Å². The number of aromatic hydroxyl groups is 1. The number of anilines is 1. The molecule has 0 saturated heterocycles. The molecule has 0 aliphatic carbocycles. The molecule has 0 bridgehead atoms. The molecule has 0 heterocycles. The minimum absolute atomic E-state index is 0.144. The molecule has 0 radical (unpaired) electrons. The Bertz CT molecular complexity index is 443. The van der Waals surface area contributed by atoms with E-state index in [0.29, 0.717) is 5.69 Å². The number of benzene rings is 1. The molecule has 1 aromatic rings. The Balaban J connectivity index is 3.09. The molecule has 0 atom stereocenters. The van der Waals surface area contributed by atoms with Gasteiger partial charge in [-0.2, -0.15) is 0 Å². The number of aliphatic imine (C=N–C) groups is 1. The maximum absolute atomic E-state index is 11.1. The summed E-state index contributed by atoms with van der Waals surface area (Å²) in [4.78, 5) is 15.0. The van der Waals surface area contributed by atoms with E-state index in [2.05, 4.69) is 19.8 Å². The lowest BCUT2D eigenvalue weighted by atomic mass is 10.1. The summed E-state index contributed by atoms with van der Waals surface area (Å²) < 4.78 is 9.11. The van der Waals surface area contributed by atoms with Gasteiger partial charge in [-0.05, 0) is 24.6 Å². The summed E-state index contributed by atoms with van der Waals surface area (Å²) in [6.45, 7) is 1.81. The fourth-order valence-electron chi connectivity index (χ4n) is 1.22. The Morgan fingerprint density at radius 2 is 2.18 bits per heavy atom. The molecular weight excluding hydrogens is 224 g/mol. The summed E-state index contributed by atoms with van der Waals surface area (Å²) in [5.74, 6) is -0.144. The second-order valence-electron chi connectivity index (χ2n) is 3.27. The maximum atomic E-state index is 11.1. The van der Waals surface area contributed by atoms with Crippen LogP contribution in [0.3, 0.4) is 0 Å². The van der Waals surface area contributed by atoms with Crippen LogP contribution in [0.15, 0.2) is 17.1 Å². The van der Waals surface area contributed by atoms with Crippen molar-refractivity contribution in [3.63, 3.8) is 0 Å². The minimum atomic E-state index is -0.660. The van der Waals surface area contributed by atoms with Crippen LogP contribution in [0.2, 0.25) is 0 Å². The quantitative estimate of drug-likeness (QED) is 0.480. The normalized spacial score (nSPS) is 10.3. The van der Waals surface area contributed by atoms with Crippen molar-refractivity contribution in [2.45, 2.75) is 6.92 Å². The van der Waals surface area contributed by atoms with Crippen molar-refractivity contribution in [1.29, 1.82) is 0 Å². The SMILES string of the molecule is COC=Nc1cc(C)cc(NC(=O)OC)c1O. The first kappa shape index (κ1) is 12.8. The Labute approximate surface area is 98.9 Å². The third-order valence-electron chi connectivity index (χ3n) is 1.95. The van der Waals surface area contributed by atoms with Crippen molar-refractivity contribution in [1.82, 2.24) is 0 Å². The lowest BCUT2D eigenvalue weighted by molar-refractivity contribution is 0.187. The molecule has 0 aromatic heterocycles. The maximum Gasteiger partial charge on any atom is 0.411 e.